The molecule has 28 heavy (non-hydrogen) atoms. The first-order chi connectivity index (χ1) is 13.5. The molecule has 7 heteroatoms. The van der Waals surface area contributed by atoms with Crippen molar-refractivity contribution in [1.29, 1.82) is 0 Å². The van der Waals surface area contributed by atoms with Crippen LogP contribution in [0, 0.1) is 5.82 Å². The minimum atomic E-state index is -0.308. The molecule has 0 saturated carbocycles. The molecule has 0 bridgehead atoms. The summed E-state index contributed by atoms with van der Waals surface area (Å²) >= 11 is 1.38. The van der Waals surface area contributed by atoms with Crippen LogP contribution in [0.1, 0.15) is 19.4 Å². The monoisotopic (exact) mass is 396 g/mol. The third-order valence-electron chi connectivity index (χ3n) is 5.01. The quantitative estimate of drug-likeness (QED) is 0.624. The summed E-state index contributed by atoms with van der Waals surface area (Å²) in [4.78, 5) is 15.0. The first-order valence-corrected chi connectivity index (χ1v) is 10.1. The molecule has 1 aliphatic rings. The Bertz CT molecular complexity index is 1020. The van der Waals surface area contributed by atoms with E-state index in [1.165, 1.54) is 29.5 Å². The maximum Gasteiger partial charge on any atom is 0.240 e. The number of carbonyl (C=O) groups is 1. The summed E-state index contributed by atoms with van der Waals surface area (Å²) in [7, 11) is 1.85. The lowest BCUT2D eigenvalue weighted by atomic mass is 10.1. The van der Waals surface area contributed by atoms with Crippen molar-refractivity contribution in [1.82, 2.24) is 14.8 Å². The van der Waals surface area contributed by atoms with Crippen molar-refractivity contribution in [3.05, 3.63) is 59.9 Å². The smallest absolute Gasteiger partial charge is 0.240 e. The number of halogens is 1. The number of thioether (sulfide) groups is 1. The minimum absolute atomic E-state index is 0.0637. The van der Waals surface area contributed by atoms with Gasteiger partial charge in [0.1, 0.15) is 5.82 Å². The number of fused-ring (bicyclic) bond motifs is 1. The van der Waals surface area contributed by atoms with Crippen molar-refractivity contribution < 1.29 is 9.18 Å². The normalized spacial score (nSPS) is 16.9. The van der Waals surface area contributed by atoms with Crippen LogP contribution >= 0.6 is 11.8 Å². The van der Waals surface area contributed by atoms with Crippen LogP contribution in [-0.4, -0.2) is 32.0 Å². The number of nitrogens with zero attached hydrogens (tertiary/aromatic N) is 4. The van der Waals surface area contributed by atoms with E-state index in [9.17, 15) is 9.18 Å². The zero-order valence-corrected chi connectivity index (χ0v) is 16.8. The highest BCUT2D eigenvalue weighted by Gasteiger charge is 2.34. The Labute approximate surface area is 167 Å². The van der Waals surface area contributed by atoms with Gasteiger partial charge in [-0.25, -0.2) is 4.39 Å². The number of para-hydroxylation sites is 1. The zero-order valence-electron chi connectivity index (χ0n) is 16.0. The topological polar surface area (TPSA) is 51.0 Å². The summed E-state index contributed by atoms with van der Waals surface area (Å²) in [6.45, 7) is 3.97. The number of hydrogen-bond acceptors (Lipinski definition) is 4. The van der Waals surface area contributed by atoms with Gasteiger partial charge in [0.2, 0.25) is 5.91 Å². The SMILES string of the molecule is C[C@H](Sc1nnc(-c2ccc(F)cc2)n1C)C(=O)N1c2ccccc2C[C@H]1C. The van der Waals surface area contributed by atoms with Gasteiger partial charge >= 0.3 is 0 Å². The largest absolute Gasteiger partial charge is 0.308 e. The minimum Gasteiger partial charge on any atom is -0.308 e. The first-order valence-electron chi connectivity index (χ1n) is 9.18. The average Bonchev–Trinajstić information content (AvgIpc) is 3.21. The van der Waals surface area contributed by atoms with E-state index >= 15 is 0 Å². The molecule has 2 atom stereocenters. The molecule has 4 rings (SSSR count). The molecule has 0 N–H and O–H groups in total. The molecule has 2 heterocycles. The fraction of sp³-hybridized carbons (Fsp3) is 0.286. The molecule has 1 amide bonds. The zero-order chi connectivity index (χ0) is 19.8. The van der Waals surface area contributed by atoms with Crippen LogP contribution in [0.2, 0.25) is 0 Å². The predicted octanol–water partition coefficient (Wildman–Crippen LogP) is 4.08. The third kappa shape index (κ3) is 3.30. The van der Waals surface area contributed by atoms with E-state index < -0.39 is 0 Å². The molecule has 0 unspecified atom stereocenters. The van der Waals surface area contributed by atoms with E-state index in [4.69, 9.17) is 0 Å². The predicted molar refractivity (Wildman–Crippen MR) is 109 cm³/mol. The number of aromatic nitrogens is 3. The summed E-state index contributed by atoms with van der Waals surface area (Å²) < 4.78 is 15.0. The number of hydrogen-bond donors (Lipinski definition) is 0. The van der Waals surface area contributed by atoms with Crippen molar-refractivity contribution >= 4 is 23.4 Å². The van der Waals surface area contributed by atoms with Crippen LogP contribution in [0.5, 0.6) is 0 Å². The molecule has 0 saturated heterocycles. The third-order valence-corrected chi connectivity index (χ3v) is 6.13. The standard InChI is InChI=1S/C21H21FN4OS/c1-13-12-16-6-4-5-7-18(16)26(13)20(27)14(2)28-21-24-23-19(25(21)3)15-8-10-17(22)11-9-15/h4-11,13-14H,12H2,1-3H3/t13-,14+/m1/s1. The molecule has 144 valence electrons. The lowest BCUT2D eigenvalue weighted by Crippen LogP contribution is -2.40. The Hall–Kier alpha value is -2.67. The molecule has 0 aliphatic carbocycles. The van der Waals surface area contributed by atoms with Crippen molar-refractivity contribution in [3.63, 3.8) is 0 Å². The fourth-order valence-electron chi connectivity index (χ4n) is 3.57. The highest BCUT2D eigenvalue weighted by molar-refractivity contribution is 8.00. The molecule has 0 radical (unpaired) electrons. The summed E-state index contributed by atoms with van der Waals surface area (Å²) in [5.41, 5.74) is 2.99. The van der Waals surface area contributed by atoms with Crippen molar-refractivity contribution in [2.24, 2.45) is 7.05 Å². The van der Waals surface area contributed by atoms with E-state index in [-0.39, 0.29) is 23.0 Å². The van der Waals surface area contributed by atoms with Crippen molar-refractivity contribution in [2.45, 2.75) is 36.7 Å². The van der Waals surface area contributed by atoms with Crippen LogP contribution in [0.4, 0.5) is 10.1 Å². The van der Waals surface area contributed by atoms with E-state index in [1.54, 1.807) is 12.1 Å². The molecule has 5 nitrogen and oxygen atoms in total. The highest BCUT2D eigenvalue weighted by Crippen LogP contribution is 2.35. The molecular formula is C21H21FN4OS. The van der Waals surface area contributed by atoms with Gasteiger partial charge in [-0.15, -0.1) is 10.2 Å². The fourth-order valence-corrected chi connectivity index (χ4v) is 4.44. The lowest BCUT2D eigenvalue weighted by molar-refractivity contribution is -0.118. The number of amides is 1. The lowest BCUT2D eigenvalue weighted by Gasteiger charge is -2.25. The molecule has 2 aromatic carbocycles. The molecule has 0 fully saturated rings. The van der Waals surface area contributed by atoms with Crippen LogP contribution in [-0.2, 0) is 18.3 Å². The van der Waals surface area contributed by atoms with Gasteiger partial charge in [0.15, 0.2) is 11.0 Å². The van der Waals surface area contributed by atoms with E-state index in [1.807, 2.05) is 41.6 Å². The van der Waals surface area contributed by atoms with Crippen LogP contribution in [0.15, 0.2) is 53.7 Å². The second-order valence-corrected chi connectivity index (χ2v) is 8.33. The summed E-state index contributed by atoms with van der Waals surface area (Å²) in [5, 5.41) is 8.80. The highest BCUT2D eigenvalue weighted by atomic mass is 32.2. The summed E-state index contributed by atoms with van der Waals surface area (Å²) in [6.07, 6.45) is 0.873. The van der Waals surface area contributed by atoms with Crippen molar-refractivity contribution in [2.75, 3.05) is 4.90 Å². The molecule has 1 aromatic heterocycles. The van der Waals surface area contributed by atoms with Gasteiger partial charge in [-0.3, -0.25) is 4.79 Å². The molecule has 1 aliphatic heterocycles. The van der Waals surface area contributed by atoms with E-state index in [0.29, 0.717) is 11.0 Å². The second-order valence-electron chi connectivity index (χ2n) is 7.02. The van der Waals surface area contributed by atoms with Gasteiger partial charge in [0.25, 0.3) is 0 Å². The van der Waals surface area contributed by atoms with Gasteiger partial charge in [-0.05, 0) is 56.2 Å². The number of carbonyl (C=O) groups excluding carboxylic acids is 1. The number of benzene rings is 2. The van der Waals surface area contributed by atoms with Crippen LogP contribution < -0.4 is 4.90 Å². The summed E-state index contributed by atoms with van der Waals surface area (Å²) in [6, 6.07) is 14.3. The van der Waals surface area contributed by atoms with Gasteiger partial charge in [0.05, 0.1) is 5.25 Å². The maximum atomic E-state index is 13.2. The molecular weight excluding hydrogens is 375 g/mol. The van der Waals surface area contributed by atoms with E-state index in [0.717, 1.165) is 17.7 Å². The summed E-state index contributed by atoms with van der Waals surface area (Å²) in [5.74, 6) is 0.413. The Morgan fingerprint density at radius 3 is 2.64 bits per heavy atom. The Balaban J connectivity index is 1.53. The second kappa shape index (κ2) is 7.39. The van der Waals surface area contributed by atoms with E-state index in [2.05, 4.69) is 23.2 Å². The number of anilines is 1. The van der Waals surface area contributed by atoms with Gasteiger partial charge in [0, 0.05) is 24.3 Å². The van der Waals surface area contributed by atoms with Crippen LogP contribution in [0.3, 0.4) is 0 Å². The first kappa shape index (κ1) is 18.7. The van der Waals surface area contributed by atoms with Crippen LogP contribution in [0.25, 0.3) is 11.4 Å². The van der Waals surface area contributed by atoms with Gasteiger partial charge in [-0.2, -0.15) is 0 Å². The maximum absolute atomic E-state index is 13.2. The molecule has 0 spiro atoms. The Kier molecular flexibility index (Phi) is 4.93. The van der Waals surface area contributed by atoms with Gasteiger partial charge < -0.3 is 9.47 Å². The average molecular weight is 396 g/mol. The molecule has 3 aromatic rings. The van der Waals surface area contributed by atoms with Gasteiger partial charge in [-0.1, -0.05) is 30.0 Å². The Morgan fingerprint density at radius 2 is 1.89 bits per heavy atom. The van der Waals surface area contributed by atoms with Crippen molar-refractivity contribution in [3.8, 4) is 11.4 Å². The Morgan fingerprint density at radius 1 is 1.18 bits per heavy atom. The number of rotatable bonds is 4.